The van der Waals surface area contributed by atoms with Crippen LogP contribution in [0.5, 0.6) is 0 Å². The highest BCUT2D eigenvalue weighted by Crippen LogP contribution is 2.34. The van der Waals surface area contributed by atoms with Gasteiger partial charge in [0.05, 0.1) is 12.0 Å². The third-order valence-electron chi connectivity index (χ3n) is 3.71. The lowest BCUT2D eigenvalue weighted by atomic mass is 10.1. The highest BCUT2D eigenvalue weighted by molar-refractivity contribution is 5.66. The van der Waals surface area contributed by atoms with Crippen LogP contribution in [-0.4, -0.2) is 51.0 Å². The van der Waals surface area contributed by atoms with E-state index < -0.39 is 11.8 Å². The van der Waals surface area contributed by atoms with Gasteiger partial charge in [0.1, 0.15) is 0 Å². The van der Waals surface area contributed by atoms with Gasteiger partial charge in [-0.05, 0) is 19.9 Å². The van der Waals surface area contributed by atoms with E-state index in [2.05, 4.69) is 9.97 Å². The van der Waals surface area contributed by atoms with E-state index in [0.29, 0.717) is 25.8 Å². The lowest BCUT2D eigenvalue weighted by Gasteiger charge is -2.47. The second kappa shape index (κ2) is 5.18. The molecule has 7 nitrogen and oxygen atoms in total. The van der Waals surface area contributed by atoms with Crippen LogP contribution in [0.4, 0.5) is 5.82 Å². The number of aromatic amines is 1. The number of anilines is 1. The summed E-state index contributed by atoms with van der Waals surface area (Å²) in [6.07, 6.45) is 3.45. The van der Waals surface area contributed by atoms with Crippen molar-refractivity contribution >= 4 is 11.8 Å². The van der Waals surface area contributed by atoms with Crippen LogP contribution in [0.2, 0.25) is 0 Å². The predicted octanol–water partition coefficient (Wildman–Crippen LogP) is 0.582. The van der Waals surface area contributed by atoms with Crippen molar-refractivity contribution in [1.29, 1.82) is 0 Å². The Hall–Kier alpha value is -1.60. The minimum atomic E-state index is -1.11. The van der Waals surface area contributed by atoms with Crippen molar-refractivity contribution in [2.75, 3.05) is 19.0 Å². The van der Waals surface area contributed by atoms with Crippen LogP contribution in [0.25, 0.3) is 0 Å². The Morgan fingerprint density at radius 1 is 1.53 bits per heavy atom. The van der Waals surface area contributed by atoms with Crippen LogP contribution >= 0.6 is 0 Å². The average molecular weight is 268 g/mol. The Balaban J connectivity index is 2.03. The third kappa shape index (κ3) is 2.57. The van der Waals surface area contributed by atoms with E-state index in [-0.39, 0.29) is 6.42 Å². The Morgan fingerprint density at radius 2 is 2.26 bits per heavy atom. The van der Waals surface area contributed by atoms with Gasteiger partial charge in [0.15, 0.2) is 11.7 Å². The molecule has 1 unspecified atom stereocenters. The van der Waals surface area contributed by atoms with E-state index in [1.54, 1.807) is 18.3 Å². The van der Waals surface area contributed by atoms with Crippen LogP contribution in [0, 0.1) is 0 Å². The van der Waals surface area contributed by atoms with Crippen molar-refractivity contribution in [3.05, 3.63) is 12.0 Å². The number of rotatable bonds is 5. The zero-order valence-corrected chi connectivity index (χ0v) is 11.3. The summed E-state index contributed by atoms with van der Waals surface area (Å²) in [5.74, 6) is -1.16. The number of carbonyl (C=O) groups is 1. The molecule has 1 aliphatic heterocycles. The van der Waals surface area contributed by atoms with Crippen LogP contribution in [0.15, 0.2) is 6.33 Å². The fourth-order valence-corrected chi connectivity index (χ4v) is 2.51. The van der Waals surface area contributed by atoms with Crippen molar-refractivity contribution < 1.29 is 15.0 Å². The number of hydrogen-bond donors (Lipinski definition) is 3. The van der Waals surface area contributed by atoms with Gasteiger partial charge in [0, 0.05) is 26.4 Å². The van der Waals surface area contributed by atoms with Crippen LogP contribution < -0.4 is 4.90 Å². The highest BCUT2D eigenvalue weighted by Gasteiger charge is 2.42. The van der Waals surface area contributed by atoms with Gasteiger partial charge < -0.3 is 20.1 Å². The van der Waals surface area contributed by atoms with E-state index in [0.717, 1.165) is 11.5 Å². The molecule has 2 rings (SSSR count). The molecule has 106 valence electrons. The SMILES string of the molecule is CN1Cc2[nH]cnc2N(C)C1(O)CCCCC(=O)O. The van der Waals surface area contributed by atoms with Crippen molar-refractivity contribution in [3.8, 4) is 0 Å². The van der Waals surface area contributed by atoms with E-state index in [1.165, 1.54) is 0 Å². The largest absolute Gasteiger partial charge is 0.481 e. The fourth-order valence-electron chi connectivity index (χ4n) is 2.51. The first kappa shape index (κ1) is 13.8. The Labute approximate surface area is 111 Å². The fraction of sp³-hybridized carbons (Fsp3) is 0.667. The number of nitrogens with one attached hydrogen (secondary N) is 1. The van der Waals surface area contributed by atoms with Gasteiger partial charge in [-0.2, -0.15) is 0 Å². The second-order valence-corrected chi connectivity index (χ2v) is 4.99. The summed E-state index contributed by atoms with van der Waals surface area (Å²) in [7, 11) is 3.64. The second-order valence-electron chi connectivity index (χ2n) is 4.99. The van der Waals surface area contributed by atoms with E-state index in [4.69, 9.17) is 5.11 Å². The Morgan fingerprint density at radius 3 is 2.95 bits per heavy atom. The molecule has 1 aliphatic rings. The van der Waals surface area contributed by atoms with Gasteiger partial charge >= 0.3 is 5.97 Å². The van der Waals surface area contributed by atoms with E-state index in [9.17, 15) is 9.90 Å². The third-order valence-corrected chi connectivity index (χ3v) is 3.71. The summed E-state index contributed by atoms with van der Waals surface area (Å²) in [5.41, 5.74) is 0.972. The molecule has 0 saturated heterocycles. The number of aliphatic hydroxyl groups is 1. The number of nitrogens with zero attached hydrogens (tertiary/aromatic N) is 3. The molecule has 0 spiro atoms. The molecular weight excluding hydrogens is 248 g/mol. The molecule has 1 aromatic heterocycles. The molecule has 0 radical (unpaired) electrons. The first-order valence-electron chi connectivity index (χ1n) is 6.36. The number of fused-ring (bicyclic) bond motifs is 1. The maximum atomic E-state index is 10.8. The molecule has 7 heteroatoms. The maximum Gasteiger partial charge on any atom is 0.303 e. The summed E-state index contributed by atoms with van der Waals surface area (Å²) in [5, 5.41) is 19.4. The quantitative estimate of drug-likeness (QED) is 0.677. The summed E-state index contributed by atoms with van der Waals surface area (Å²) in [4.78, 5) is 21.3. The van der Waals surface area contributed by atoms with Gasteiger partial charge in [-0.15, -0.1) is 0 Å². The molecule has 0 bridgehead atoms. The summed E-state index contributed by atoms with van der Waals surface area (Å²) in [6.45, 7) is 0.592. The standard InChI is InChI=1S/C12H20N4O3/c1-15-7-9-11(14-8-13-9)16(2)12(15,19)6-4-3-5-10(17)18/h8,19H,3-7H2,1-2H3,(H,13,14)(H,17,18). The minimum absolute atomic E-state index is 0.136. The van der Waals surface area contributed by atoms with Gasteiger partial charge in [0.25, 0.3) is 0 Å². The number of hydrogen-bond acceptors (Lipinski definition) is 5. The Bertz CT molecular complexity index is 462. The number of carboxylic acid groups (broad SMARTS) is 1. The van der Waals surface area contributed by atoms with Crippen molar-refractivity contribution in [3.63, 3.8) is 0 Å². The zero-order chi connectivity index (χ0) is 14.0. The normalized spacial score (nSPS) is 23.4. The molecule has 3 N–H and O–H groups in total. The number of aromatic nitrogens is 2. The highest BCUT2D eigenvalue weighted by atomic mass is 16.4. The van der Waals surface area contributed by atoms with Crippen LogP contribution in [0.3, 0.4) is 0 Å². The first-order chi connectivity index (χ1) is 8.95. The molecule has 0 fully saturated rings. The lowest BCUT2D eigenvalue weighted by molar-refractivity contribution is -0.137. The summed E-state index contributed by atoms with van der Waals surface area (Å²) < 4.78 is 0. The molecule has 0 saturated carbocycles. The maximum absolute atomic E-state index is 10.8. The van der Waals surface area contributed by atoms with Gasteiger partial charge in [-0.3, -0.25) is 9.69 Å². The van der Waals surface area contributed by atoms with Crippen molar-refractivity contribution in [1.82, 2.24) is 14.9 Å². The molecule has 1 atom stereocenters. The molecule has 1 aromatic rings. The van der Waals surface area contributed by atoms with Crippen molar-refractivity contribution in [2.45, 2.75) is 38.1 Å². The predicted molar refractivity (Wildman–Crippen MR) is 69.5 cm³/mol. The lowest BCUT2D eigenvalue weighted by Crippen LogP contribution is -2.60. The van der Waals surface area contributed by atoms with E-state index in [1.807, 2.05) is 11.9 Å². The number of carboxylic acids is 1. The number of unbranched alkanes of at least 4 members (excludes halogenated alkanes) is 1. The van der Waals surface area contributed by atoms with Crippen LogP contribution in [0.1, 0.15) is 31.4 Å². The topological polar surface area (TPSA) is 92.7 Å². The summed E-state index contributed by atoms with van der Waals surface area (Å²) in [6, 6.07) is 0. The van der Waals surface area contributed by atoms with Gasteiger partial charge in [0.2, 0.25) is 0 Å². The minimum Gasteiger partial charge on any atom is -0.481 e. The molecule has 0 aromatic carbocycles. The van der Waals surface area contributed by atoms with Gasteiger partial charge in [-0.1, -0.05) is 0 Å². The van der Waals surface area contributed by atoms with Gasteiger partial charge in [-0.25, -0.2) is 4.98 Å². The smallest absolute Gasteiger partial charge is 0.303 e. The average Bonchev–Trinajstić information content (AvgIpc) is 2.80. The number of H-pyrrole nitrogens is 1. The van der Waals surface area contributed by atoms with E-state index >= 15 is 0 Å². The molecule has 0 amide bonds. The molecule has 0 aliphatic carbocycles. The molecule has 19 heavy (non-hydrogen) atoms. The zero-order valence-electron chi connectivity index (χ0n) is 11.3. The molecular formula is C12H20N4O3. The van der Waals surface area contributed by atoms with Crippen molar-refractivity contribution in [2.24, 2.45) is 0 Å². The molecule has 2 heterocycles. The monoisotopic (exact) mass is 268 g/mol. The van der Waals surface area contributed by atoms with Crippen LogP contribution in [-0.2, 0) is 11.3 Å². The Kier molecular flexibility index (Phi) is 3.77. The number of aliphatic carboxylic acids is 1. The first-order valence-corrected chi connectivity index (χ1v) is 6.36. The summed E-state index contributed by atoms with van der Waals surface area (Å²) >= 11 is 0. The number of imidazole rings is 1.